The molecular formula is C21H27N3O5S2. The van der Waals surface area contributed by atoms with Gasteiger partial charge in [0.05, 0.1) is 31.4 Å². The molecular weight excluding hydrogens is 438 g/mol. The van der Waals surface area contributed by atoms with Crippen molar-refractivity contribution in [1.82, 2.24) is 9.21 Å². The molecule has 1 aromatic heterocycles. The van der Waals surface area contributed by atoms with Crippen molar-refractivity contribution in [2.24, 2.45) is 0 Å². The van der Waals surface area contributed by atoms with E-state index in [9.17, 15) is 18.6 Å². The highest BCUT2D eigenvalue weighted by Gasteiger charge is 2.46. The SMILES string of the molecule is O=S(=O)(c1cccs1)N1CCN(c2ccc(O)cc2)[C@@H](CN2[C@H]3COC[C@@H]2[C@H](O)C3)C1. The maximum absolute atomic E-state index is 13.2. The first-order valence-corrected chi connectivity index (χ1v) is 12.9. The Bertz CT molecular complexity index is 999. The third-order valence-corrected chi connectivity index (χ3v) is 9.83. The van der Waals surface area contributed by atoms with Crippen LogP contribution in [-0.2, 0) is 14.8 Å². The molecule has 3 fully saturated rings. The Balaban J connectivity index is 1.42. The second-order valence-corrected chi connectivity index (χ2v) is 11.5. The molecule has 8 nitrogen and oxygen atoms in total. The van der Waals surface area contributed by atoms with Crippen LogP contribution in [0.25, 0.3) is 0 Å². The van der Waals surface area contributed by atoms with Crippen LogP contribution in [0.5, 0.6) is 5.75 Å². The van der Waals surface area contributed by atoms with E-state index in [1.54, 1.807) is 34.0 Å². The van der Waals surface area contributed by atoms with Crippen LogP contribution in [0.4, 0.5) is 5.69 Å². The van der Waals surface area contributed by atoms with Gasteiger partial charge in [0.15, 0.2) is 0 Å². The van der Waals surface area contributed by atoms with Gasteiger partial charge in [-0.1, -0.05) is 6.07 Å². The van der Waals surface area contributed by atoms with Crippen molar-refractivity contribution in [3.05, 3.63) is 41.8 Å². The van der Waals surface area contributed by atoms with E-state index >= 15 is 0 Å². The van der Waals surface area contributed by atoms with Gasteiger partial charge in [-0.2, -0.15) is 4.31 Å². The zero-order chi connectivity index (χ0) is 21.6. The molecule has 5 rings (SSSR count). The molecule has 0 radical (unpaired) electrons. The number of phenols is 1. The molecule has 0 saturated carbocycles. The van der Waals surface area contributed by atoms with Gasteiger partial charge in [-0.15, -0.1) is 11.3 Å². The number of hydrogen-bond donors (Lipinski definition) is 2. The van der Waals surface area contributed by atoms with Gasteiger partial charge in [0.2, 0.25) is 0 Å². The van der Waals surface area contributed by atoms with E-state index in [4.69, 9.17) is 4.74 Å². The summed E-state index contributed by atoms with van der Waals surface area (Å²) in [5.41, 5.74) is 0.956. The molecule has 4 atom stereocenters. The van der Waals surface area contributed by atoms with Crippen molar-refractivity contribution in [2.45, 2.75) is 34.9 Å². The smallest absolute Gasteiger partial charge is 0.252 e. The number of anilines is 1. The third-order valence-electron chi connectivity index (χ3n) is 6.59. The van der Waals surface area contributed by atoms with Gasteiger partial charge in [-0.3, -0.25) is 4.90 Å². The van der Waals surface area contributed by atoms with Crippen LogP contribution in [-0.4, -0.2) is 91.5 Å². The number of morpholine rings is 1. The predicted molar refractivity (Wildman–Crippen MR) is 118 cm³/mol. The highest BCUT2D eigenvalue weighted by atomic mass is 32.2. The molecule has 0 spiro atoms. The van der Waals surface area contributed by atoms with Gasteiger partial charge in [0, 0.05) is 37.9 Å². The second kappa shape index (κ2) is 8.34. The van der Waals surface area contributed by atoms with E-state index in [0.717, 1.165) is 5.69 Å². The average molecular weight is 466 g/mol. The number of ether oxygens (including phenoxy) is 1. The van der Waals surface area contributed by atoms with Gasteiger partial charge in [0.1, 0.15) is 9.96 Å². The Labute approximate surface area is 186 Å². The number of aromatic hydroxyl groups is 1. The largest absolute Gasteiger partial charge is 0.508 e. The van der Waals surface area contributed by atoms with Crippen molar-refractivity contribution < 1.29 is 23.4 Å². The number of fused-ring (bicyclic) bond motifs is 2. The number of phenolic OH excluding ortho intramolecular Hbond substituents is 1. The first-order valence-electron chi connectivity index (χ1n) is 10.5. The molecule has 0 unspecified atom stereocenters. The third kappa shape index (κ3) is 3.96. The van der Waals surface area contributed by atoms with Gasteiger partial charge in [-0.25, -0.2) is 8.42 Å². The van der Waals surface area contributed by atoms with Gasteiger partial charge >= 0.3 is 0 Å². The predicted octanol–water partition coefficient (Wildman–Crippen LogP) is 1.17. The van der Waals surface area contributed by atoms with Crippen molar-refractivity contribution in [1.29, 1.82) is 0 Å². The lowest BCUT2D eigenvalue weighted by Gasteiger charge is -2.46. The van der Waals surface area contributed by atoms with Crippen LogP contribution in [0, 0.1) is 0 Å². The van der Waals surface area contributed by atoms with Gasteiger partial charge < -0.3 is 19.8 Å². The van der Waals surface area contributed by atoms with Crippen molar-refractivity contribution >= 4 is 27.0 Å². The number of aliphatic hydroxyl groups excluding tert-OH is 1. The second-order valence-electron chi connectivity index (χ2n) is 8.42. The van der Waals surface area contributed by atoms with Gasteiger partial charge in [-0.05, 0) is 42.1 Å². The maximum atomic E-state index is 13.2. The Morgan fingerprint density at radius 2 is 1.94 bits per heavy atom. The monoisotopic (exact) mass is 465 g/mol. The molecule has 3 saturated heterocycles. The zero-order valence-corrected chi connectivity index (χ0v) is 18.7. The Morgan fingerprint density at radius 3 is 2.65 bits per heavy atom. The maximum Gasteiger partial charge on any atom is 0.252 e. The molecule has 0 amide bonds. The minimum Gasteiger partial charge on any atom is -0.508 e. The minimum atomic E-state index is -3.53. The van der Waals surface area contributed by atoms with E-state index in [-0.39, 0.29) is 23.9 Å². The highest BCUT2D eigenvalue weighted by Crippen LogP contribution is 2.33. The Morgan fingerprint density at radius 1 is 1.13 bits per heavy atom. The summed E-state index contributed by atoms with van der Waals surface area (Å²) in [6, 6.07) is 10.5. The summed E-state index contributed by atoms with van der Waals surface area (Å²) in [5.74, 6) is 0.202. The summed E-state index contributed by atoms with van der Waals surface area (Å²) < 4.78 is 34.0. The summed E-state index contributed by atoms with van der Waals surface area (Å²) in [5, 5.41) is 21.9. The first kappa shape index (κ1) is 21.2. The van der Waals surface area contributed by atoms with Crippen molar-refractivity contribution in [3.8, 4) is 5.75 Å². The molecule has 4 heterocycles. The number of aliphatic hydroxyl groups is 1. The van der Waals surface area contributed by atoms with Crippen LogP contribution < -0.4 is 4.90 Å². The van der Waals surface area contributed by atoms with E-state index in [2.05, 4.69) is 9.80 Å². The number of hydrogen-bond acceptors (Lipinski definition) is 8. The average Bonchev–Trinajstić information content (AvgIpc) is 3.35. The fraction of sp³-hybridized carbons (Fsp3) is 0.524. The number of nitrogens with zero attached hydrogens (tertiary/aromatic N) is 3. The van der Waals surface area contributed by atoms with Crippen LogP contribution in [0.2, 0.25) is 0 Å². The fourth-order valence-electron chi connectivity index (χ4n) is 5.01. The molecule has 10 heteroatoms. The molecule has 31 heavy (non-hydrogen) atoms. The molecule has 3 aliphatic heterocycles. The standard InChI is InChI=1S/C21H27N3O5S2/c25-18-5-3-15(4-6-18)23-8-7-22(31(27,28)21-2-1-9-30-21)11-17(23)12-24-16-10-20(26)19(24)14-29-13-16/h1-6,9,16-17,19-20,25-26H,7-8,10-14H2/t16-,17-,19-,20-/m1/s1. The van der Waals surface area contributed by atoms with Crippen molar-refractivity contribution in [3.63, 3.8) is 0 Å². The lowest BCUT2D eigenvalue weighted by atomic mass is 10.1. The Kier molecular flexibility index (Phi) is 5.70. The molecule has 2 aromatic rings. The van der Waals surface area contributed by atoms with E-state index < -0.39 is 16.1 Å². The van der Waals surface area contributed by atoms with Crippen LogP contribution in [0.3, 0.4) is 0 Å². The Hall–Kier alpha value is -1.69. The summed E-state index contributed by atoms with van der Waals surface area (Å²) in [7, 11) is -3.53. The number of benzene rings is 1. The molecule has 2 bridgehead atoms. The van der Waals surface area contributed by atoms with Gasteiger partial charge in [0.25, 0.3) is 10.0 Å². The molecule has 2 N–H and O–H groups in total. The number of sulfonamides is 1. The van der Waals surface area contributed by atoms with Crippen molar-refractivity contribution in [2.75, 3.05) is 44.3 Å². The van der Waals surface area contributed by atoms with E-state index in [1.165, 1.54) is 11.3 Å². The summed E-state index contributed by atoms with van der Waals surface area (Å²) in [4.78, 5) is 4.52. The highest BCUT2D eigenvalue weighted by molar-refractivity contribution is 7.91. The number of thiophene rings is 1. The summed E-state index contributed by atoms with van der Waals surface area (Å²) in [6.07, 6.45) is 0.275. The quantitative estimate of drug-likeness (QED) is 0.685. The number of piperazine rings is 1. The lowest BCUT2D eigenvalue weighted by Crippen LogP contribution is -2.61. The van der Waals surface area contributed by atoms with Crippen LogP contribution >= 0.6 is 11.3 Å². The number of rotatable bonds is 5. The minimum absolute atomic E-state index is 0.0512. The molecule has 0 aliphatic carbocycles. The van der Waals surface area contributed by atoms with E-state index in [0.29, 0.717) is 50.0 Å². The lowest BCUT2D eigenvalue weighted by molar-refractivity contribution is -0.0345. The molecule has 1 aromatic carbocycles. The summed E-state index contributed by atoms with van der Waals surface area (Å²) in [6.45, 7) is 3.07. The normalized spacial score (nSPS) is 30.0. The first-order chi connectivity index (χ1) is 14.9. The summed E-state index contributed by atoms with van der Waals surface area (Å²) >= 11 is 1.24. The molecule has 168 valence electrons. The van der Waals surface area contributed by atoms with Crippen LogP contribution in [0.15, 0.2) is 46.0 Å². The zero-order valence-electron chi connectivity index (χ0n) is 17.1. The molecule has 3 aliphatic rings. The fourth-order valence-corrected chi connectivity index (χ4v) is 7.62. The van der Waals surface area contributed by atoms with E-state index in [1.807, 2.05) is 12.1 Å². The van der Waals surface area contributed by atoms with Crippen LogP contribution in [0.1, 0.15) is 6.42 Å². The topological polar surface area (TPSA) is 93.6 Å².